The van der Waals surface area contributed by atoms with E-state index in [-0.39, 0.29) is 62.9 Å². The lowest BCUT2D eigenvalue weighted by atomic mass is 10.1. The first kappa shape index (κ1) is 32.4. The smallest absolute Gasteiger partial charge is 0.311 e. The van der Waals surface area contributed by atoms with Crippen LogP contribution in [0, 0.1) is 30.3 Å². The molecule has 0 atom stereocenters. The number of nitrogens with two attached hydrogens (primary N) is 1. The number of para-hydroxylation sites is 4. The average molecular weight is 905 g/mol. The number of hydrogen-bond acceptors (Lipinski definition) is 19. The van der Waals surface area contributed by atoms with Crippen molar-refractivity contribution >= 4 is 22.7 Å². The van der Waals surface area contributed by atoms with Gasteiger partial charge in [-0.3, -0.25) is 49.1 Å². The molecule has 0 saturated heterocycles. The van der Waals surface area contributed by atoms with Crippen LogP contribution in [0.15, 0.2) is 98.1 Å². The van der Waals surface area contributed by atoms with Crippen LogP contribution in [0.4, 0.5) is 22.7 Å². The van der Waals surface area contributed by atoms with Crippen LogP contribution < -0.4 is 19.9 Å². The number of anilines is 1. The number of nitrogens with zero attached hydrogens (tertiary/aromatic N) is 15. The van der Waals surface area contributed by atoms with E-state index in [1.54, 1.807) is 18.2 Å². The molecular formula is C39H40N16O10. The lowest BCUT2D eigenvalue weighted by Gasteiger charge is -2.07. The molecule has 4 aromatic heterocycles. The number of nitro benzene ring substituents is 3. The van der Waals surface area contributed by atoms with Gasteiger partial charge in [-0.05, 0) is 30.3 Å². The SMILES string of the molecule is [2H]C([2H])([2H])n1cnc(-c2cccc(N)c2OC)n1.[2H]C([2H])([2H])n1cnc(-c2cccc([N+](=O)[O-])c2O)n1.[2H]C([2H])([2H])n1cnc(-c2cccc([N+](=O)[O-])c2OC)n1.[2H]C([2H])([2H])n1cnc(-c2cccc([N+](=O)[O-])c2OC)n1. The van der Waals surface area contributed by atoms with E-state index in [9.17, 15) is 35.4 Å². The largest absolute Gasteiger partial charge is 0.502 e. The topological polar surface area (TPSA) is 326 Å². The van der Waals surface area contributed by atoms with Crippen molar-refractivity contribution in [3.8, 4) is 68.5 Å². The van der Waals surface area contributed by atoms with E-state index < -0.39 is 54.1 Å². The molecule has 0 aliphatic carbocycles. The highest BCUT2D eigenvalue weighted by molar-refractivity contribution is 5.74. The van der Waals surface area contributed by atoms with Gasteiger partial charge in [0.25, 0.3) is 0 Å². The van der Waals surface area contributed by atoms with Gasteiger partial charge in [-0.15, -0.1) is 0 Å². The van der Waals surface area contributed by atoms with E-state index in [4.69, 9.17) is 36.4 Å². The number of phenols is 1. The van der Waals surface area contributed by atoms with Crippen molar-refractivity contribution in [3.05, 3.63) is 128 Å². The van der Waals surface area contributed by atoms with Gasteiger partial charge in [0.15, 0.2) is 29.0 Å². The number of nitro groups is 3. The van der Waals surface area contributed by atoms with Gasteiger partial charge in [-0.1, -0.05) is 24.3 Å². The Bertz CT molecular complexity index is 3280. The zero-order chi connectivity index (χ0) is 57.4. The van der Waals surface area contributed by atoms with Crippen LogP contribution in [-0.2, 0) is 27.9 Å². The minimum Gasteiger partial charge on any atom is -0.502 e. The van der Waals surface area contributed by atoms with Crippen LogP contribution in [0.1, 0.15) is 16.4 Å². The van der Waals surface area contributed by atoms with Gasteiger partial charge in [-0.25, -0.2) is 19.9 Å². The summed E-state index contributed by atoms with van der Waals surface area (Å²) in [6.45, 7) is -9.77. The number of aromatic nitrogens is 12. The Hall–Kier alpha value is -9.36. The van der Waals surface area contributed by atoms with E-state index in [0.717, 1.165) is 36.1 Å². The summed E-state index contributed by atoms with van der Waals surface area (Å²) in [5.74, 6) is 0.0501. The molecule has 26 nitrogen and oxygen atoms in total. The third-order valence-corrected chi connectivity index (χ3v) is 8.18. The number of methoxy groups -OCH3 is 3. The van der Waals surface area contributed by atoms with Crippen LogP contribution in [0.25, 0.3) is 45.6 Å². The minimum absolute atomic E-state index is 0.00259. The molecule has 0 bridgehead atoms. The molecule has 0 fully saturated rings. The number of benzene rings is 4. The molecule has 0 aliphatic heterocycles. The van der Waals surface area contributed by atoms with Gasteiger partial charge in [0, 0.05) is 62.6 Å². The molecule has 3 N–H and O–H groups in total. The first-order valence-electron chi connectivity index (χ1n) is 23.6. The predicted molar refractivity (Wildman–Crippen MR) is 231 cm³/mol. The fourth-order valence-corrected chi connectivity index (χ4v) is 5.48. The Morgan fingerprint density at radius 1 is 0.508 bits per heavy atom. The Labute approximate surface area is 384 Å². The van der Waals surface area contributed by atoms with Gasteiger partial charge in [-0.2, -0.15) is 20.4 Å². The normalized spacial score (nSPS) is 13.8. The highest BCUT2D eigenvalue weighted by Gasteiger charge is 2.23. The highest BCUT2D eigenvalue weighted by atomic mass is 16.6. The van der Waals surface area contributed by atoms with E-state index in [0.29, 0.717) is 31.0 Å². The molecule has 0 spiro atoms. The van der Waals surface area contributed by atoms with Gasteiger partial charge in [0.05, 0.1) is 64.0 Å². The maximum atomic E-state index is 10.9. The average Bonchev–Trinajstić information content (AvgIpc) is 4.21. The zero-order valence-electron chi connectivity index (χ0n) is 45.6. The van der Waals surface area contributed by atoms with Crippen LogP contribution in [-0.4, -0.2) is 100 Å². The van der Waals surface area contributed by atoms with E-state index in [2.05, 4.69) is 40.3 Å². The molecule has 0 radical (unpaired) electrons. The summed E-state index contributed by atoms with van der Waals surface area (Å²) in [5, 5.41) is 57.5. The van der Waals surface area contributed by atoms with E-state index >= 15 is 0 Å². The number of phenolic OH excluding ortho intramolecular Hbond substituents is 1. The van der Waals surface area contributed by atoms with Crippen LogP contribution in [0.3, 0.4) is 0 Å². The molecule has 8 aromatic rings. The van der Waals surface area contributed by atoms with Crippen molar-refractivity contribution < 1.29 is 50.5 Å². The summed E-state index contributed by atoms with van der Waals surface area (Å²) in [5.41, 5.74) is 6.29. The molecule has 0 unspecified atom stereocenters. The van der Waals surface area contributed by atoms with Gasteiger partial charge in [0.2, 0.25) is 17.2 Å². The van der Waals surface area contributed by atoms with Crippen molar-refractivity contribution in [3.63, 3.8) is 0 Å². The van der Waals surface area contributed by atoms with Gasteiger partial charge >= 0.3 is 17.1 Å². The van der Waals surface area contributed by atoms with E-state index in [1.807, 2.05) is 0 Å². The molecule has 0 saturated carbocycles. The number of hydrogen-bond donors (Lipinski definition) is 2. The summed E-state index contributed by atoms with van der Waals surface area (Å²) in [6.07, 6.45) is 4.22. The van der Waals surface area contributed by atoms with Crippen molar-refractivity contribution in [1.29, 1.82) is 0 Å². The molecule has 65 heavy (non-hydrogen) atoms. The first-order valence-corrected chi connectivity index (χ1v) is 17.6. The predicted octanol–water partition coefficient (Wildman–Crippen LogP) is 4.97. The van der Waals surface area contributed by atoms with Gasteiger partial charge < -0.3 is 25.1 Å². The second kappa shape index (κ2) is 20.9. The second-order valence-electron chi connectivity index (χ2n) is 12.1. The lowest BCUT2D eigenvalue weighted by molar-refractivity contribution is -0.385. The maximum Gasteiger partial charge on any atom is 0.311 e. The molecule has 336 valence electrons. The highest BCUT2D eigenvalue weighted by Crippen LogP contribution is 2.38. The quantitative estimate of drug-likeness (QED) is 0.104. The third-order valence-electron chi connectivity index (χ3n) is 8.18. The fraction of sp³-hybridized carbons (Fsp3) is 0.179. The maximum absolute atomic E-state index is 10.9. The molecule has 26 heteroatoms. The fourth-order valence-electron chi connectivity index (χ4n) is 5.48. The van der Waals surface area contributed by atoms with E-state index in [1.165, 1.54) is 69.9 Å². The molecule has 4 aromatic carbocycles. The first-order chi connectivity index (χ1) is 35.9. The van der Waals surface area contributed by atoms with Crippen molar-refractivity contribution in [2.24, 2.45) is 27.9 Å². The minimum atomic E-state index is -2.50. The zero-order valence-corrected chi connectivity index (χ0v) is 33.6. The summed E-state index contributed by atoms with van der Waals surface area (Å²) in [6, 6.07) is 17.5. The summed E-state index contributed by atoms with van der Waals surface area (Å²) in [4.78, 5) is 46.0. The summed E-state index contributed by atoms with van der Waals surface area (Å²) >= 11 is 0. The molecule has 4 heterocycles. The molecular weight excluding hydrogens is 853 g/mol. The summed E-state index contributed by atoms with van der Waals surface area (Å²) < 4.78 is 104. The lowest BCUT2D eigenvalue weighted by Crippen LogP contribution is -1.97. The van der Waals surface area contributed by atoms with Crippen molar-refractivity contribution in [2.75, 3.05) is 27.1 Å². The number of rotatable bonds is 10. The monoisotopic (exact) mass is 904 g/mol. The Morgan fingerprint density at radius 3 is 1.14 bits per heavy atom. The summed E-state index contributed by atoms with van der Waals surface area (Å²) in [7, 11) is 4.05. The van der Waals surface area contributed by atoms with Crippen LogP contribution >= 0.6 is 0 Å². The Kier molecular flexibility index (Phi) is 10.4. The Morgan fingerprint density at radius 2 is 0.815 bits per heavy atom. The van der Waals surface area contributed by atoms with Crippen LogP contribution in [0.2, 0.25) is 0 Å². The van der Waals surface area contributed by atoms with Crippen LogP contribution in [0.5, 0.6) is 23.0 Å². The van der Waals surface area contributed by atoms with Gasteiger partial charge in [0.1, 0.15) is 25.3 Å². The standard InChI is InChI=1S/2C10H10N4O3.C10H12N4O.C9H8N4O3/c2*1-13-6-11-10(12-13)7-4-3-5-8(14(15)16)9(7)17-2;1-14-6-12-10(13-14)7-4-3-5-8(11)9(7)15-2;1-12-5-10-9(11-12)6-3-2-4-7(8(6)14)13(15)16/h2*3-6H,1-2H3;3-6H,11H2,1-2H3;2-5,14H,1H3/i4*1D3. The molecule has 0 amide bonds. The number of aryl methyl sites for hydroxylation is 4. The third kappa shape index (κ3) is 11.1. The number of ether oxygens (including phenoxy) is 3. The molecule has 8 rings (SSSR count). The number of nitrogen functional groups attached to an aromatic ring is 1. The van der Waals surface area contributed by atoms with Crippen molar-refractivity contribution in [1.82, 2.24) is 59.1 Å². The Balaban J connectivity index is 0.000000189. The second-order valence-corrected chi connectivity index (χ2v) is 12.1. The van der Waals surface area contributed by atoms with Crippen molar-refractivity contribution in [2.45, 2.75) is 0 Å². The number of aromatic hydroxyl groups is 1. The molecule has 0 aliphatic rings.